The van der Waals surface area contributed by atoms with Crippen molar-refractivity contribution >= 4 is 29.4 Å². The van der Waals surface area contributed by atoms with Crippen LogP contribution in [0, 0.1) is 13.8 Å². The maximum absolute atomic E-state index is 13.1. The molecule has 0 aliphatic rings. The highest BCUT2D eigenvalue weighted by molar-refractivity contribution is 7.79. The minimum atomic E-state index is -2.68. The molecule has 94 valence electrons. The Hall–Kier alpha value is -1.04. The van der Waals surface area contributed by atoms with E-state index < -0.39 is 7.14 Å². The van der Waals surface area contributed by atoms with Crippen LogP contribution in [0.1, 0.15) is 11.1 Å². The monoisotopic (exact) mass is 278 g/mol. The van der Waals surface area contributed by atoms with E-state index in [0.29, 0.717) is 0 Å². The number of hydrogen-bond donors (Lipinski definition) is 0. The molecular formula is C15H16ClOP. The van der Waals surface area contributed by atoms with Gasteiger partial charge in [0.2, 0.25) is 0 Å². The number of benzene rings is 2. The Balaban J connectivity index is 2.51. The summed E-state index contributed by atoms with van der Waals surface area (Å²) >= 11 is 5.99. The predicted octanol–water partition coefficient (Wildman–Crippen LogP) is 3.81. The van der Waals surface area contributed by atoms with Crippen LogP contribution in [0.15, 0.2) is 48.5 Å². The Labute approximate surface area is 113 Å². The van der Waals surface area contributed by atoms with E-state index in [2.05, 4.69) is 0 Å². The van der Waals surface area contributed by atoms with Crippen LogP contribution in [0.3, 0.4) is 0 Å². The van der Waals surface area contributed by atoms with Gasteiger partial charge in [0.05, 0.1) is 5.62 Å². The molecule has 18 heavy (non-hydrogen) atoms. The average molecular weight is 279 g/mol. The van der Waals surface area contributed by atoms with E-state index in [1.807, 2.05) is 62.4 Å². The van der Waals surface area contributed by atoms with Crippen molar-refractivity contribution in [3.63, 3.8) is 0 Å². The summed E-state index contributed by atoms with van der Waals surface area (Å²) < 4.78 is 13.1. The van der Waals surface area contributed by atoms with Gasteiger partial charge in [-0.25, -0.2) is 0 Å². The Bertz CT molecular complexity index is 523. The summed E-state index contributed by atoms with van der Waals surface area (Å²) in [5.74, 6) is 0. The molecule has 0 spiro atoms. The zero-order valence-electron chi connectivity index (χ0n) is 10.6. The molecule has 1 nitrogen and oxygen atoms in total. The topological polar surface area (TPSA) is 17.1 Å². The third-order valence-electron chi connectivity index (χ3n) is 3.07. The number of rotatable bonds is 3. The third kappa shape index (κ3) is 2.53. The van der Waals surface area contributed by atoms with E-state index in [1.165, 1.54) is 0 Å². The molecule has 0 saturated heterocycles. The van der Waals surface area contributed by atoms with E-state index in [4.69, 9.17) is 11.6 Å². The fraction of sp³-hybridized carbons (Fsp3) is 0.200. The van der Waals surface area contributed by atoms with E-state index in [1.54, 1.807) is 0 Å². The smallest absolute Gasteiger partial charge is 0.157 e. The summed E-state index contributed by atoms with van der Waals surface area (Å²) in [6.45, 7) is 4.03. The Morgan fingerprint density at radius 2 is 1.17 bits per heavy atom. The van der Waals surface area contributed by atoms with Crippen molar-refractivity contribution in [3.05, 3.63) is 59.7 Å². The molecule has 0 N–H and O–H groups in total. The molecule has 0 bridgehead atoms. The molecule has 0 aromatic heterocycles. The lowest BCUT2D eigenvalue weighted by Gasteiger charge is -2.16. The van der Waals surface area contributed by atoms with Crippen molar-refractivity contribution in [3.8, 4) is 0 Å². The molecule has 0 fully saturated rings. The minimum absolute atomic E-state index is 0.138. The SMILES string of the molecule is Cc1ccc(P(=O)(CCl)c2ccc(C)cc2)cc1. The van der Waals surface area contributed by atoms with Crippen LogP contribution >= 0.6 is 18.7 Å². The van der Waals surface area contributed by atoms with Gasteiger partial charge < -0.3 is 4.57 Å². The lowest BCUT2D eigenvalue weighted by Crippen LogP contribution is -2.17. The molecule has 2 rings (SSSR count). The number of hydrogen-bond acceptors (Lipinski definition) is 1. The highest BCUT2D eigenvalue weighted by Crippen LogP contribution is 2.44. The number of alkyl halides is 1. The molecule has 0 saturated carbocycles. The average Bonchev–Trinajstić information content (AvgIpc) is 2.39. The first-order valence-electron chi connectivity index (χ1n) is 5.86. The molecule has 0 radical (unpaired) electrons. The van der Waals surface area contributed by atoms with Crippen molar-refractivity contribution in [2.45, 2.75) is 13.8 Å². The Morgan fingerprint density at radius 3 is 1.44 bits per heavy atom. The maximum Gasteiger partial charge on any atom is 0.157 e. The summed E-state index contributed by atoms with van der Waals surface area (Å²) in [6, 6.07) is 15.6. The van der Waals surface area contributed by atoms with E-state index in [0.717, 1.165) is 21.7 Å². The molecule has 0 aliphatic carbocycles. The van der Waals surface area contributed by atoms with Crippen LogP contribution in [0.5, 0.6) is 0 Å². The van der Waals surface area contributed by atoms with Crippen molar-refractivity contribution in [1.29, 1.82) is 0 Å². The van der Waals surface area contributed by atoms with Gasteiger partial charge in [-0.2, -0.15) is 0 Å². The van der Waals surface area contributed by atoms with Crippen molar-refractivity contribution in [2.24, 2.45) is 0 Å². The largest absolute Gasteiger partial charge is 0.312 e. The lowest BCUT2D eigenvalue weighted by molar-refractivity contribution is 0.589. The molecule has 0 atom stereocenters. The predicted molar refractivity (Wildman–Crippen MR) is 80.0 cm³/mol. The summed E-state index contributed by atoms with van der Waals surface area (Å²) in [5.41, 5.74) is 2.45. The van der Waals surface area contributed by atoms with Gasteiger partial charge in [0, 0.05) is 10.6 Å². The Morgan fingerprint density at radius 1 is 0.833 bits per heavy atom. The van der Waals surface area contributed by atoms with Gasteiger partial charge in [0.25, 0.3) is 0 Å². The van der Waals surface area contributed by atoms with Gasteiger partial charge in [0.1, 0.15) is 0 Å². The molecular weight excluding hydrogens is 263 g/mol. The zero-order chi connectivity index (χ0) is 13.2. The van der Waals surface area contributed by atoms with Gasteiger partial charge in [-0.15, -0.1) is 11.6 Å². The van der Waals surface area contributed by atoms with Crippen LogP contribution in [0.2, 0.25) is 0 Å². The lowest BCUT2D eigenvalue weighted by atomic mass is 10.2. The third-order valence-corrected chi connectivity index (χ3v) is 6.68. The molecule has 0 unspecified atom stereocenters. The van der Waals surface area contributed by atoms with Crippen molar-refractivity contribution in [2.75, 3.05) is 5.62 Å². The molecule has 2 aromatic rings. The highest BCUT2D eigenvalue weighted by Gasteiger charge is 2.25. The van der Waals surface area contributed by atoms with Gasteiger partial charge >= 0.3 is 0 Å². The van der Waals surface area contributed by atoms with Crippen LogP contribution < -0.4 is 10.6 Å². The second kappa shape index (κ2) is 5.30. The van der Waals surface area contributed by atoms with Gasteiger partial charge in [-0.3, -0.25) is 0 Å². The summed E-state index contributed by atoms with van der Waals surface area (Å²) in [5, 5.41) is 1.65. The molecule has 2 aromatic carbocycles. The first-order valence-corrected chi connectivity index (χ1v) is 8.28. The van der Waals surface area contributed by atoms with Crippen LogP contribution in [-0.2, 0) is 4.57 Å². The van der Waals surface area contributed by atoms with Crippen molar-refractivity contribution in [1.82, 2.24) is 0 Å². The van der Waals surface area contributed by atoms with E-state index in [-0.39, 0.29) is 5.62 Å². The quantitative estimate of drug-likeness (QED) is 0.616. The fourth-order valence-electron chi connectivity index (χ4n) is 1.86. The first-order chi connectivity index (χ1) is 8.56. The maximum atomic E-state index is 13.1. The summed E-state index contributed by atoms with van der Waals surface area (Å²) in [6.07, 6.45) is 0. The van der Waals surface area contributed by atoms with E-state index >= 15 is 0 Å². The highest BCUT2D eigenvalue weighted by atomic mass is 35.5. The summed E-state index contributed by atoms with van der Waals surface area (Å²) in [7, 11) is -2.68. The normalized spacial score (nSPS) is 11.5. The van der Waals surface area contributed by atoms with Crippen molar-refractivity contribution < 1.29 is 4.57 Å². The molecule has 0 aliphatic heterocycles. The van der Waals surface area contributed by atoms with E-state index in [9.17, 15) is 4.57 Å². The second-order valence-electron chi connectivity index (χ2n) is 4.53. The molecule has 0 amide bonds. The van der Waals surface area contributed by atoms with Crippen LogP contribution in [-0.4, -0.2) is 5.62 Å². The standard InChI is InChI=1S/C15H16ClOP/c1-12-3-7-14(8-4-12)18(17,11-16)15-9-5-13(2)6-10-15/h3-10H,11H2,1-2H3. The number of aryl methyl sites for hydroxylation is 2. The second-order valence-corrected chi connectivity index (χ2v) is 8.00. The molecule has 0 heterocycles. The fourth-order valence-corrected chi connectivity index (χ4v) is 4.52. The van der Waals surface area contributed by atoms with Crippen LogP contribution in [0.4, 0.5) is 0 Å². The van der Waals surface area contributed by atoms with Crippen LogP contribution in [0.25, 0.3) is 0 Å². The minimum Gasteiger partial charge on any atom is -0.312 e. The van der Waals surface area contributed by atoms with Gasteiger partial charge in [-0.1, -0.05) is 59.7 Å². The van der Waals surface area contributed by atoms with Gasteiger partial charge in [-0.05, 0) is 13.8 Å². The summed E-state index contributed by atoms with van der Waals surface area (Å²) in [4.78, 5) is 0. The van der Waals surface area contributed by atoms with Gasteiger partial charge in [0.15, 0.2) is 7.14 Å². The number of halogens is 1. The first kappa shape index (κ1) is 13.4. The zero-order valence-corrected chi connectivity index (χ0v) is 12.2. The Kier molecular flexibility index (Phi) is 3.94. The molecule has 3 heteroatoms.